The van der Waals surface area contributed by atoms with Crippen molar-refractivity contribution in [3.8, 4) is 11.4 Å². The van der Waals surface area contributed by atoms with E-state index in [0.717, 1.165) is 12.6 Å². The number of hydrogen-bond acceptors (Lipinski definition) is 5. The van der Waals surface area contributed by atoms with Gasteiger partial charge in [-0.15, -0.1) is 0 Å². The molecule has 0 unspecified atom stereocenters. The molecule has 0 spiro atoms. The van der Waals surface area contributed by atoms with E-state index in [9.17, 15) is 4.39 Å². The van der Waals surface area contributed by atoms with Crippen LogP contribution in [0.15, 0.2) is 48.9 Å². The van der Waals surface area contributed by atoms with E-state index >= 15 is 0 Å². The lowest BCUT2D eigenvalue weighted by Gasteiger charge is -2.10. The number of nitrogens with zero attached hydrogens (tertiary/aromatic N) is 5. The van der Waals surface area contributed by atoms with Crippen LogP contribution in [0.3, 0.4) is 0 Å². The Morgan fingerprint density at radius 1 is 1.13 bits per heavy atom. The maximum atomic E-state index is 13.6. The highest BCUT2D eigenvalue weighted by Crippen LogP contribution is 2.25. The summed E-state index contributed by atoms with van der Waals surface area (Å²) in [6, 6.07) is 9.50. The summed E-state index contributed by atoms with van der Waals surface area (Å²) in [5.74, 6) is 0.526. The second kappa shape index (κ2) is 7.22. The average molecular weight is 401 g/mol. The Morgan fingerprint density at radius 2 is 2.03 bits per heavy atom. The molecule has 150 valence electrons. The Hall–Kier alpha value is -3.81. The molecule has 30 heavy (non-hydrogen) atoms. The number of aryl methyl sites for hydroxylation is 2. The minimum Gasteiger partial charge on any atom is -0.358 e. The Labute approximate surface area is 172 Å². The molecule has 0 saturated heterocycles. The van der Waals surface area contributed by atoms with Gasteiger partial charge in [-0.2, -0.15) is 14.6 Å². The van der Waals surface area contributed by atoms with Gasteiger partial charge in [0.2, 0.25) is 5.95 Å². The molecule has 7 nitrogen and oxygen atoms in total. The highest BCUT2D eigenvalue weighted by molar-refractivity contribution is 5.87. The van der Waals surface area contributed by atoms with Gasteiger partial charge in [0.05, 0.1) is 12.4 Å². The number of aromatic nitrogens is 6. The first-order valence-electron chi connectivity index (χ1n) is 9.73. The van der Waals surface area contributed by atoms with Crippen LogP contribution in [-0.2, 0) is 6.42 Å². The van der Waals surface area contributed by atoms with Crippen molar-refractivity contribution in [3.05, 3.63) is 71.6 Å². The molecule has 0 aliphatic rings. The summed E-state index contributed by atoms with van der Waals surface area (Å²) in [7, 11) is 0. The minimum absolute atomic E-state index is 0.399. The number of hydrogen-bond donors (Lipinski definition) is 2. The van der Waals surface area contributed by atoms with Crippen LogP contribution < -0.4 is 5.32 Å². The van der Waals surface area contributed by atoms with Gasteiger partial charge in [-0.1, -0.05) is 18.2 Å². The number of anilines is 1. The van der Waals surface area contributed by atoms with Crippen LogP contribution in [0, 0.1) is 19.7 Å². The number of aromatic amines is 1. The molecule has 0 bridgehead atoms. The average Bonchev–Trinajstić information content (AvgIpc) is 3.33. The number of nitrogens with one attached hydrogen (secondary N) is 2. The predicted octanol–water partition coefficient (Wildman–Crippen LogP) is 4.08. The fourth-order valence-electron chi connectivity index (χ4n) is 3.77. The number of fused-ring (bicyclic) bond motifs is 2. The third-order valence-corrected chi connectivity index (χ3v) is 5.24. The van der Waals surface area contributed by atoms with E-state index < -0.39 is 5.82 Å². The Bertz CT molecular complexity index is 1370. The van der Waals surface area contributed by atoms with Gasteiger partial charge in [0.15, 0.2) is 11.5 Å². The fourth-order valence-corrected chi connectivity index (χ4v) is 3.77. The second-order valence-corrected chi connectivity index (χ2v) is 7.27. The summed E-state index contributed by atoms with van der Waals surface area (Å²) >= 11 is 0. The van der Waals surface area contributed by atoms with E-state index in [1.165, 1.54) is 33.8 Å². The number of para-hydroxylation sites is 1. The SMILES string of the molecule is Cc1[nH]c2c(C)cccc2c1CCNc1nc(-c2cncc(F)c2)nc2ccnn12. The van der Waals surface area contributed by atoms with Crippen LogP contribution in [0.5, 0.6) is 0 Å². The molecule has 8 heteroatoms. The molecule has 0 aliphatic heterocycles. The molecule has 5 aromatic rings. The van der Waals surface area contributed by atoms with Crippen molar-refractivity contribution in [3.63, 3.8) is 0 Å². The molecule has 0 atom stereocenters. The van der Waals surface area contributed by atoms with E-state index in [1.54, 1.807) is 23.0 Å². The molecule has 0 aliphatic carbocycles. The molecule has 1 aromatic carbocycles. The number of H-pyrrole nitrogens is 1. The molecular formula is C22H20FN7. The van der Waals surface area contributed by atoms with Crippen LogP contribution >= 0.6 is 0 Å². The van der Waals surface area contributed by atoms with Gasteiger partial charge in [-0.3, -0.25) is 4.98 Å². The monoisotopic (exact) mass is 401 g/mol. The second-order valence-electron chi connectivity index (χ2n) is 7.27. The lowest BCUT2D eigenvalue weighted by Crippen LogP contribution is -2.12. The van der Waals surface area contributed by atoms with Crippen molar-refractivity contribution >= 4 is 22.5 Å². The third-order valence-electron chi connectivity index (χ3n) is 5.24. The molecule has 0 radical (unpaired) electrons. The van der Waals surface area contributed by atoms with Gasteiger partial charge < -0.3 is 10.3 Å². The zero-order valence-electron chi connectivity index (χ0n) is 16.6. The van der Waals surface area contributed by atoms with E-state index in [2.05, 4.69) is 62.4 Å². The van der Waals surface area contributed by atoms with Gasteiger partial charge in [-0.25, -0.2) is 9.37 Å². The maximum Gasteiger partial charge on any atom is 0.227 e. The summed E-state index contributed by atoms with van der Waals surface area (Å²) in [5, 5.41) is 8.91. The molecule has 4 aromatic heterocycles. The molecule has 4 heterocycles. The van der Waals surface area contributed by atoms with Crippen LogP contribution in [0.25, 0.3) is 27.9 Å². The van der Waals surface area contributed by atoms with Crippen LogP contribution in [0.1, 0.15) is 16.8 Å². The van der Waals surface area contributed by atoms with Crippen molar-refractivity contribution in [2.45, 2.75) is 20.3 Å². The third kappa shape index (κ3) is 3.16. The quantitative estimate of drug-likeness (QED) is 0.464. The lowest BCUT2D eigenvalue weighted by atomic mass is 10.1. The van der Waals surface area contributed by atoms with E-state index in [0.29, 0.717) is 29.5 Å². The standard InChI is InChI=1S/C22H20FN7/c1-13-4-3-5-18-17(14(2)27-20(13)18)6-8-25-22-29-21(15-10-16(23)12-24-11-15)28-19-7-9-26-30(19)22/h3-5,7,9-12,27H,6,8H2,1-2H3,(H,25,28,29). The number of benzene rings is 1. The Kier molecular flexibility index (Phi) is 4.39. The first-order chi connectivity index (χ1) is 14.6. The normalized spacial score (nSPS) is 11.4. The van der Waals surface area contributed by atoms with Crippen molar-refractivity contribution in [1.82, 2.24) is 29.5 Å². The van der Waals surface area contributed by atoms with Gasteiger partial charge in [0.1, 0.15) is 5.82 Å². The molecule has 0 fully saturated rings. The largest absolute Gasteiger partial charge is 0.358 e. The summed E-state index contributed by atoms with van der Waals surface area (Å²) in [6.07, 6.45) is 5.19. The van der Waals surface area contributed by atoms with Gasteiger partial charge >= 0.3 is 0 Å². The number of rotatable bonds is 5. The number of pyridine rings is 1. The first-order valence-corrected chi connectivity index (χ1v) is 9.73. The minimum atomic E-state index is -0.427. The fraction of sp³-hybridized carbons (Fsp3) is 0.182. The van der Waals surface area contributed by atoms with E-state index in [4.69, 9.17) is 0 Å². The summed E-state index contributed by atoms with van der Waals surface area (Å²) in [5.41, 5.74) is 6.01. The zero-order chi connectivity index (χ0) is 20.7. The van der Waals surface area contributed by atoms with Crippen LogP contribution in [-0.4, -0.2) is 36.1 Å². The lowest BCUT2D eigenvalue weighted by molar-refractivity contribution is 0.622. The highest BCUT2D eigenvalue weighted by atomic mass is 19.1. The zero-order valence-corrected chi connectivity index (χ0v) is 16.6. The summed E-state index contributed by atoms with van der Waals surface area (Å²) < 4.78 is 15.2. The summed E-state index contributed by atoms with van der Waals surface area (Å²) in [6.45, 7) is 4.87. The first kappa shape index (κ1) is 18.2. The molecular weight excluding hydrogens is 381 g/mol. The van der Waals surface area contributed by atoms with Crippen molar-refractivity contribution in [2.24, 2.45) is 0 Å². The molecule has 5 rings (SSSR count). The molecule has 0 amide bonds. The van der Waals surface area contributed by atoms with Crippen LogP contribution in [0.2, 0.25) is 0 Å². The van der Waals surface area contributed by atoms with Gasteiger partial charge in [-0.05, 0) is 37.5 Å². The highest BCUT2D eigenvalue weighted by Gasteiger charge is 2.13. The van der Waals surface area contributed by atoms with Crippen molar-refractivity contribution in [1.29, 1.82) is 0 Å². The summed E-state index contributed by atoms with van der Waals surface area (Å²) in [4.78, 5) is 16.4. The van der Waals surface area contributed by atoms with E-state index in [1.807, 2.05) is 0 Å². The van der Waals surface area contributed by atoms with Gasteiger partial charge in [0, 0.05) is 41.0 Å². The van der Waals surface area contributed by atoms with Crippen LogP contribution in [0.4, 0.5) is 10.3 Å². The van der Waals surface area contributed by atoms with Gasteiger partial charge in [0.25, 0.3) is 0 Å². The topological polar surface area (TPSA) is 83.8 Å². The molecule has 2 N–H and O–H groups in total. The van der Waals surface area contributed by atoms with Crippen molar-refractivity contribution in [2.75, 3.05) is 11.9 Å². The Balaban J connectivity index is 1.44. The predicted molar refractivity (Wildman–Crippen MR) is 114 cm³/mol. The number of halogens is 1. The Morgan fingerprint density at radius 3 is 2.90 bits per heavy atom. The van der Waals surface area contributed by atoms with Crippen molar-refractivity contribution < 1.29 is 4.39 Å². The smallest absolute Gasteiger partial charge is 0.227 e. The molecule has 0 saturated carbocycles. The maximum absolute atomic E-state index is 13.6. The van der Waals surface area contributed by atoms with E-state index in [-0.39, 0.29) is 0 Å².